The molecule has 0 saturated heterocycles. The molecule has 0 bridgehead atoms. The smallest absolute Gasteiger partial charge is 0.124 e. The van der Waals surface area contributed by atoms with Gasteiger partial charge in [-0.3, -0.25) is 4.98 Å². The second-order valence-electron chi connectivity index (χ2n) is 15.1. The summed E-state index contributed by atoms with van der Waals surface area (Å²) in [6.45, 7) is 20.2. The number of para-hydroxylation sites is 1. The molecule has 0 aliphatic rings. The standard InChI is InChI=1S/C46H48N2O/c1-28(2)35-22-36(29(3)4)24-37(23-35)38-26-42(48-43(27-38)40-15-10-11-16-44(40)49)33-14-12-13-32(21-33)41-25-34(17-18-47-41)45-30(5)19-39(20-31(45)6)46(7,8)9/h10-29,49H,1-9H3. The first kappa shape index (κ1) is 33.9. The predicted molar refractivity (Wildman–Crippen MR) is 207 cm³/mol. The highest BCUT2D eigenvalue weighted by molar-refractivity contribution is 5.81. The fourth-order valence-electron chi connectivity index (χ4n) is 6.62. The van der Waals surface area contributed by atoms with Crippen LogP contribution in [0.5, 0.6) is 5.75 Å². The SMILES string of the molecule is Cc1cc(C(C)(C)C)cc(C)c1-c1ccnc(-c2cccc(-c3cc(-c4cc(C(C)C)cc(C(C)C)c4)cc(-c4ccccc4O)n3)c2)c1. The second kappa shape index (κ2) is 13.5. The maximum absolute atomic E-state index is 10.9. The molecule has 0 amide bonds. The third kappa shape index (κ3) is 7.22. The average Bonchev–Trinajstić information content (AvgIpc) is 3.07. The summed E-state index contributed by atoms with van der Waals surface area (Å²) in [7, 11) is 0. The Bertz CT molecular complexity index is 2100. The average molecular weight is 645 g/mol. The molecule has 4 aromatic carbocycles. The third-order valence-corrected chi connectivity index (χ3v) is 9.55. The normalized spacial score (nSPS) is 11.8. The number of aromatic nitrogens is 2. The van der Waals surface area contributed by atoms with Gasteiger partial charge in [0.15, 0.2) is 0 Å². The zero-order valence-corrected chi connectivity index (χ0v) is 30.4. The zero-order chi connectivity index (χ0) is 35.0. The summed E-state index contributed by atoms with van der Waals surface area (Å²) in [6.07, 6.45) is 1.91. The second-order valence-corrected chi connectivity index (χ2v) is 15.1. The molecule has 0 spiro atoms. The monoisotopic (exact) mass is 644 g/mol. The molecule has 0 unspecified atom stereocenters. The van der Waals surface area contributed by atoms with E-state index in [0.29, 0.717) is 17.4 Å². The Morgan fingerprint density at radius 1 is 0.551 bits per heavy atom. The molecular weight excluding hydrogens is 597 g/mol. The summed E-state index contributed by atoms with van der Waals surface area (Å²) in [5, 5.41) is 10.9. The largest absolute Gasteiger partial charge is 0.507 e. The van der Waals surface area contributed by atoms with Gasteiger partial charge in [0, 0.05) is 22.9 Å². The first-order valence-electron chi connectivity index (χ1n) is 17.4. The molecule has 0 saturated carbocycles. The third-order valence-electron chi connectivity index (χ3n) is 9.55. The van der Waals surface area contributed by atoms with Crippen molar-refractivity contribution in [3.63, 3.8) is 0 Å². The van der Waals surface area contributed by atoms with E-state index in [2.05, 4.69) is 141 Å². The number of nitrogens with zero attached hydrogens (tertiary/aromatic N) is 2. The Morgan fingerprint density at radius 2 is 1.12 bits per heavy atom. The minimum atomic E-state index is 0.0935. The van der Waals surface area contributed by atoms with Gasteiger partial charge in [-0.25, -0.2) is 4.98 Å². The Hall–Kier alpha value is -5.02. The molecule has 248 valence electrons. The van der Waals surface area contributed by atoms with Crippen LogP contribution in [0.25, 0.3) is 56.0 Å². The van der Waals surface area contributed by atoms with Gasteiger partial charge in [0.25, 0.3) is 0 Å². The highest BCUT2D eigenvalue weighted by atomic mass is 16.3. The van der Waals surface area contributed by atoms with Crippen molar-refractivity contribution in [1.29, 1.82) is 0 Å². The lowest BCUT2D eigenvalue weighted by atomic mass is 9.82. The molecule has 0 atom stereocenters. The molecule has 2 heterocycles. The molecule has 1 N–H and O–H groups in total. The van der Waals surface area contributed by atoms with Gasteiger partial charge in [-0.1, -0.05) is 109 Å². The van der Waals surface area contributed by atoms with Crippen LogP contribution in [-0.2, 0) is 5.41 Å². The van der Waals surface area contributed by atoms with E-state index >= 15 is 0 Å². The lowest BCUT2D eigenvalue weighted by Crippen LogP contribution is -2.12. The molecule has 6 rings (SSSR count). The van der Waals surface area contributed by atoms with Crippen LogP contribution in [-0.4, -0.2) is 15.1 Å². The first-order valence-corrected chi connectivity index (χ1v) is 17.4. The van der Waals surface area contributed by atoms with Crippen LogP contribution in [0.2, 0.25) is 0 Å². The molecule has 2 aromatic heterocycles. The fraction of sp³-hybridized carbons (Fsp3) is 0.261. The van der Waals surface area contributed by atoms with Crippen LogP contribution in [0.15, 0.2) is 109 Å². The van der Waals surface area contributed by atoms with Crippen LogP contribution < -0.4 is 0 Å². The molecule has 6 aromatic rings. The number of aromatic hydroxyl groups is 1. The summed E-state index contributed by atoms with van der Waals surface area (Å²) < 4.78 is 0. The van der Waals surface area contributed by atoms with Crippen molar-refractivity contribution in [2.75, 3.05) is 0 Å². The summed E-state index contributed by atoms with van der Waals surface area (Å²) in [6, 6.07) is 36.1. The number of phenolic OH excluding ortho intramolecular Hbond substituents is 1. The van der Waals surface area contributed by atoms with Crippen molar-refractivity contribution >= 4 is 0 Å². The molecular formula is C46H48N2O. The van der Waals surface area contributed by atoms with Crippen molar-refractivity contribution in [1.82, 2.24) is 9.97 Å². The van der Waals surface area contributed by atoms with Gasteiger partial charge in [0.05, 0.1) is 17.1 Å². The van der Waals surface area contributed by atoms with E-state index in [1.807, 2.05) is 24.4 Å². The van der Waals surface area contributed by atoms with Crippen molar-refractivity contribution in [2.45, 2.75) is 79.6 Å². The molecule has 0 radical (unpaired) electrons. The van der Waals surface area contributed by atoms with Gasteiger partial charge in [0.1, 0.15) is 5.75 Å². The van der Waals surface area contributed by atoms with E-state index in [4.69, 9.17) is 9.97 Å². The topological polar surface area (TPSA) is 46.0 Å². The predicted octanol–water partition coefficient (Wildman–Crippen LogP) is 12.7. The summed E-state index contributed by atoms with van der Waals surface area (Å²) in [5.74, 6) is 1.02. The summed E-state index contributed by atoms with van der Waals surface area (Å²) >= 11 is 0. The fourth-order valence-corrected chi connectivity index (χ4v) is 6.62. The van der Waals surface area contributed by atoms with E-state index in [1.54, 1.807) is 6.07 Å². The van der Waals surface area contributed by atoms with Gasteiger partial charge in [-0.05, 0) is 124 Å². The summed E-state index contributed by atoms with van der Waals surface area (Å²) in [5.41, 5.74) is 16.5. The van der Waals surface area contributed by atoms with Crippen molar-refractivity contribution < 1.29 is 5.11 Å². The van der Waals surface area contributed by atoms with Crippen LogP contribution in [0.3, 0.4) is 0 Å². The van der Waals surface area contributed by atoms with Gasteiger partial charge < -0.3 is 5.11 Å². The van der Waals surface area contributed by atoms with Gasteiger partial charge in [0.2, 0.25) is 0 Å². The lowest BCUT2D eigenvalue weighted by Gasteiger charge is -2.22. The Balaban J connectivity index is 1.48. The maximum atomic E-state index is 10.9. The highest BCUT2D eigenvalue weighted by Gasteiger charge is 2.18. The molecule has 0 aliphatic heterocycles. The number of benzene rings is 4. The van der Waals surface area contributed by atoms with E-state index in [9.17, 15) is 5.11 Å². The van der Waals surface area contributed by atoms with Crippen LogP contribution in [0, 0.1) is 13.8 Å². The highest BCUT2D eigenvalue weighted by Crippen LogP contribution is 2.38. The van der Waals surface area contributed by atoms with Crippen LogP contribution in [0.1, 0.15) is 88.1 Å². The Labute approximate surface area is 292 Å². The Morgan fingerprint density at radius 3 is 1.73 bits per heavy atom. The van der Waals surface area contributed by atoms with Crippen molar-refractivity contribution in [3.8, 4) is 61.8 Å². The number of hydrogen-bond acceptors (Lipinski definition) is 3. The zero-order valence-electron chi connectivity index (χ0n) is 30.4. The summed E-state index contributed by atoms with van der Waals surface area (Å²) in [4.78, 5) is 9.97. The quantitative estimate of drug-likeness (QED) is 0.188. The van der Waals surface area contributed by atoms with E-state index in [1.165, 1.54) is 38.9 Å². The van der Waals surface area contributed by atoms with Gasteiger partial charge in [-0.15, -0.1) is 0 Å². The lowest BCUT2D eigenvalue weighted by molar-refractivity contribution is 0.477. The molecule has 0 fully saturated rings. The number of aryl methyl sites for hydroxylation is 2. The van der Waals surface area contributed by atoms with E-state index in [-0.39, 0.29) is 11.2 Å². The number of hydrogen-bond donors (Lipinski definition) is 1. The number of pyridine rings is 2. The molecule has 3 nitrogen and oxygen atoms in total. The molecule has 3 heteroatoms. The number of rotatable bonds is 7. The first-order chi connectivity index (χ1) is 23.3. The minimum Gasteiger partial charge on any atom is -0.507 e. The van der Waals surface area contributed by atoms with Crippen LogP contribution >= 0.6 is 0 Å². The maximum Gasteiger partial charge on any atom is 0.124 e. The molecule has 49 heavy (non-hydrogen) atoms. The van der Waals surface area contributed by atoms with E-state index < -0.39 is 0 Å². The minimum absolute atomic E-state index is 0.0935. The molecule has 0 aliphatic carbocycles. The van der Waals surface area contributed by atoms with Crippen molar-refractivity contribution in [2.24, 2.45) is 0 Å². The van der Waals surface area contributed by atoms with Gasteiger partial charge >= 0.3 is 0 Å². The Kier molecular flexibility index (Phi) is 9.31. The van der Waals surface area contributed by atoms with Gasteiger partial charge in [-0.2, -0.15) is 0 Å². The number of phenols is 1. The van der Waals surface area contributed by atoms with Crippen molar-refractivity contribution in [3.05, 3.63) is 137 Å². The van der Waals surface area contributed by atoms with E-state index in [0.717, 1.165) is 39.3 Å². The van der Waals surface area contributed by atoms with Crippen LogP contribution in [0.4, 0.5) is 0 Å².